The molecule has 2 heterocycles. The lowest BCUT2D eigenvalue weighted by Crippen LogP contribution is -2.21. The normalized spacial score (nSPS) is 10.6. The highest BCUT2D eigenvalue weighted by Crippen LogP contribution is 2.27. The predicted molar refractivity (Wildman–Crippen MR) is 97.4 cm³/mol. The minimum atomic E-state index is -0.723. The summed E-state index contributed by atoms with van der Waals surface area (Å²) in [7, 11) is 0. The van der Waals surface area contributed by atoms with E-state index in [4.69, 9.17) is 4.74 Å². The molecule has 138 valence electrons. The first-order valence-corrected chi connectivity index (χ1v) is 8.37. The van der Waals surface area contributed by atoms with Gasteiger partial charge in [0, 0.05) is 29.0 Å². The van der Waals surface area contributed by atoms with Crippen LogP contribution in [0.25, 0.3) is 5.65 Å². The molecule has 1 amide bonds. The second-order valence-corrected chi connectivity index (χ2v) is 6.25. The van der Waals surface area contributed by atoms with E-state index in [1.54, 1.807) is 19.2 Å². The van der Waals surface area contributed by atoms with Crippen molar-refractivity contribution in [1.82, 2.24) is 14.6 Å². The summed E-state index contributed by atoms with van der Waals surface area (Å²) < 4.78 is 6.82. The number of hydrogen-bond donors (Lipinski definition) is 1. The molecule has 0 bridgehead atoms. The molecule has 0 radical (unpaired) electrons. The third-order valence-electron chi connectivity index (χ3n) is 3.55. The zero-order chi connectivity index (χ0) is 19.6. The van der Waals surface area contributed by atoms with Crippen molar-refractivity contribution in [3.8, 4) is 0 Å². The highest BCUT2D eigenvalue weighted by atomic mass is 79.9. The number of anilines is 1. The topological polar surface area (TPSA) is 129 Å². The van der Waals surface area contributed by atoms with Gasteiger partial charge in [-0.15, -0.1) is 0 Å². The molecular weight excluding hydrogens is 422 g/mol. The number of ether oxygens (including phenoxy) is 1. The SMILES string of the molecule is Cc1nn2cccnc2c1C(=O)OCC(=O)Nc1ccc([N+](=O)[O-])cc1Br. The highest BCUT2D eigenvalue weighted by molar-refractivity contribution is 9.10. The Balaban J connectivity index is 1.66. The number of carbonyl (C=O) groups is 2. The number of nitro benzene ring substituents is 1. The Morgan fingerprint density at radius 1 is 1.41 bits per heavy atom. The Labute approximate surface area is 160 Å². The quantitative estimate of drug-likeness (QED) is 0.371. The number of fused-ring (bicyclic) bond motifs is 1. The van der Waals surface area contributed by atoms with Gasteiger partial charge in [-0.3, -0.25) is 14.9 Å². The molecule has 27 heavy (non-hydrogen) atoms. The van der Waals surface area contributed by atoms with Gasteiger partial charge < -0.3 is 10.1 Å². The summed E-state index contributed by atoms with van der Waals surface area (Å²) in [6, 6.07) is 5.56. The molecule has 0 spiro atoms. The van der Waals surface area contributed by atoms with Crippen molar-refractivity contribution in [1.29, 1.82) is 0 Å². The molecular formula is C16H12BrN5O5. The van der Waals surface area contributed by atoms with E-state index in [1.807, 2.05) is 0 Å². The van der Waals surface area contributed by atoms with E-state index in [-0.39, 0.29) is 11.3 Å². The molecule has 0 fully saturated rings. The number of nitro groups is 1. The molecule has 0 aliphatic rings. The molecule has 0 saturated carbocycles. The molecule has 0 saturated heterocycles. The molecule has 10 nitrogen and oxygen atoms in total. The van der Waals surface area contributed by atoms with E-state index in [0.29, 0.717) is 21.5 Å². The van der Waals surface area contributed by atoms with Crippen LogP contribution >= 0.6 is 15.9 Å². The number of nitrogens with zero attached hydrogens (tertiary/aromatic N) is 4. The lowest BCUT2D eigenvalue weighted by molar-refractivity contribution is -0.384. The van der Waals surface area contributed by atoms with Gasteiger partial charge in [-0.1, -0.05) is 0 Å². The second kappa shape index (κ2) is 7.50. The van der Waals surface area contributed by atoms with E-state index < -0.39 is 23.4 Å². The van der Waals surface area contributed by atoms with Crippen LogP contribution in [0.4, 0.5) is 11.4 Å². The third kappa shape index (κ3) is 3.92. The van der Waals surface area contributed by atoms with Crippen LogP contribution in [0.1, 0.15) is 16.1 Å². The van der Waals surface area contributed by atoms with Gasteiger partial charge >= 0.3 is 5.97 Å². The Morgan fingerprint density at radius 2 is 2.19 bits per heavy atom. The zero-order valence-corrected chi connectivity index (χ0v) is 15.5. The van der Waals surface area contributed by atoms with Crippen molar-refractivity contribution in [2.75, 3.05) is 11.9 Å². The Bertz CT molecular complexity index is 1060. The van der Waals surface area contributed by atoms with Crippen molar-refractivity contribution >= 4 is 44.8 Å². The van der Waals surface area contributed by atoms with E-state index in [1.165, 1.54) is 28.9 Å². The van der Waals surface area contributed by atoms with Crippen molar-refractivity contribution in [3.63, 3.8) is 0 Å². The number of esters is 1. The fourth-order valence-electron chi connectivity index (χ4n) is 2.34. The van der Waals surface area contributed by atoms with Crippen molar-refractivity contribution in [2.24, 2.45) is 0 Å². The fraction of sp³-hybridized carbons (Fsp3) is 0.125. The maximum absolute atomic E-state index is 12.3. The number of carbonyl (C=O) groups excluding carboxylic acids is 2. The molecule has 3 rings (SSSR count). The lowest BCUT2D eigenvalue weighted by atomic mass is 10.2. The molecule has 1 aromatic carbocycles. The van der Waals surface area contributed by atoms with Gasteiger partial charge in [0.1, 0.15) is 5.56 Å². The molecule has 0 unspecified atom stereocenters. The van der Waals surface area contributed by atoms with Gasteiger partial charge in [0.2, 0.25) is 0 Å². The maximum Gasteiger partial charge on any atom is 0.344 e. The summed E-state index contributed by atoms with van der Waals surface area (Å²) in [6.45, 7) is 1.10. The van der Waals surface area contributed by atoms with Crippen LogP contribution in [0.5, 0.6) is 0 Å². The molecule has 11 heteroatoms. The monoisotopic (exact) mass is 433 g/mol. The second-order valence-electron chi connectivity index (χ2n) is 5.39. The molecule has 2 aromatic heterocycles. The van der Waals surface area contributed by atoms with Crippen molar-refractivity contribution < 1.29 is 19.2 Å². The maximum atomic E-state index is 12.3. The van der Waals surface area contributed by atoms with Crippen LogP contribution < -0.4 is 5.32 Å². The average Bonchev–Trinajstić information content (AvgIpc) is 2.97. The summed E-state index contributed by atoms with van der Waals surface area (Å²) in [4.78, 5) is 38.6. The summed E-state index contributed by atoms with van der Waals surface area (Å²) in [5.74, 6) is -1.32. The van der Waals surface area contributed by atoms with Gasteiger partial charge in [-0.2, -0.15) is 5.10 Å². The van der Waals surface area contributed by atoms with Gasteiger partial charge in [0.05, 0.1) is 16.3 Å². The number of aromatic nitrogens is 3. The molecule has 0 aliphatic heterocycles. The number of halogens is 1. The van der Waals surface area contributed by atoms with E-state index in [9.17, 15) is 19.7 Å². The molecule has 0 atom stereocenters. The largest absolute Gasteiger partial charge is 0.452 e. The first kappa shape index (κ1) is 18.5. The van der Waals surface area contributed by atoms with Gasteiger partial charge in [0.25, 0.3) is 11.6 Å². The van der Waals surface area contributed by atoms with Crippen LogP contribution in [-0.2, 0) is 9.53 Å². The van der Waals surface area contributed by atoms with Gasteiger partial charge in [-0.25, -0.2) is 14.3 Å². The Hall–Kier alpha value is -3.34. The number of rotatable bonds is 5. The van der Waals surface area contributed by atoms with E-state index >= 15 is 0 Å². The average molecular weight is 434 g/mol. The number of benzene rings is 1. The number of hydrogen-bond acceptors (Lipinski definition) is 7. The smallest absolute Gasteiger partial charge is 0.344 e. The summed E-state index contributed by atoms with van der Waals surface area (Å²) >= 11 is 3.15. The van der Waals surface area contributed by atoms with Crippen molar-refractivity contribution in [3.05, 3.63) is 62.5 Å². The first-order valence-electron chi connectivity index (χ1n) is 7.57. The Morgan fingerprint density at radius 3 is 2.89 bits per heavy atom. The number of non-ortho nitro benzene ring substituents is 1. The number of amides is 1. The molecule has 3 aromatic rings. The molecule has 0 aliphatic carbocycles. The zero-order valence-electron chi connectivity index (χ0n) is 13.9. The predicted octanol–water partition coefficient (Wildman–Crippen LogP) is 2.50. The minimum absolute atomic E-state index is 0.123. The summed E-state index contributed by atoms with van der Waals surface area (Å²) in [6.07, 6.45) is 3.16. The summed E-state index contributed by atoms with van der Waals surface area (Å²) in [5, 5.41) is 17.4. The Kier molecular flexibility index (Phi) is 5.12. The third-order valence-corrected chi connectivity index (χ3v) is 4.20. The van der Waals surface area contributed by atoms with E-state index in [0.717, 1.165) is 0 Å². The van der Waals surface area contributed by atoms with Crippen LogP contribution in [0.15, 0.2) is 41.1 Å². The van der Waals surface area contributed by atoms with Crippen LogP contribution in [-0.4, -0.2) is 38.0 Å². The van der Waals surface area contributed by atoms with Crippen LogP contribution in [0.3, 0.4) is 0 Å². The van der Waals surface area contributed by atoms with Gasteiger partial charge in [-0.05, 0) is 35.0 Å². The number of nitrogens with one attached hydrogen (secondary N) is 1. The highest BCUT2D eigenvalue weighted by Gasteiger charge is 2.20. The van der Waals surface area contributed by atoms with Gasteiger partial charge in [0.15, 0.2) is 12.3 Å². The van der Waals surface area contributed by atoms with Crippen LogP contribution in [0.2, 0.25) is 0 Å². The first-order chi connectivity index (χ1) is 12.9. The summed E-state index contributed by atoms with van der Waals surface area (Å²) in [5.41, 5.74) is 1.13. The fourth-order valence-corrected chi connectivity index (χ4v) is 2.81. The molecule has 1 N–H and O–H groups in total. The number of aryl methyl sites for hydroxylation is 1. The van der Waals surface area contributed by atoms with Crippen LogP contribution in [0, 0.1) is 17.0 Å². The van der Waals surface area contributed by atoms with Crippen molar-refractivity contribution in [2.45, 2.75) is 6.92 Å². The van der Waals surface area contributed by atoms with E-state index in [2.05, 4.69) is 31.3 Å². The standard InChI is InChI=1S/C16H12BrN5O5/c1-9-14(15-18-5-2-6-21(15)20-9)16(24)27-8-13(23)19-12-4-3-10(22(25)26)7-11(12)17/h2-7H,8H2,1H3,(H,19,23). The lowest BCUT2D eigenvalue weighted by Gasteiger charge is -2.08. The minimum Gasteiger partial charge on any atom is -0.452 e.